The number of rotatable bonds is 36. The van der Waals surface area contributed by atoms with Crippen molar-refractivity contribution in [3.63, 3.8) is 0 Å². The van der Waals surface area contributed by atoms with E-state index in [4.69, 9.17) is 31.1 Å². The highest BCUT2D eigenvalue weighted by atomic mass is 19.1. The van der Waals surface area contributed by atoms with Crippen molar-refractivity contribution < 1.29 is 52.7 Å². The highest BCUT2D eigenvalue weighted by molar-refractivity contribution is 5.81. The number of terminal acetylenes is 1. The Morgan fingerprint density at radius 3 is 1.77 bits per heavy atom. The molecule has 4 N–H and O–H groups in total. The molecular formula is C48H76FN5O10. The first-order chi connectivity index (χ1) is 30.9. The molecule has 0 bridgehead atoms. The number of carbonyl (C=O) groups excluding carboxylic acids is 3. The number of hydrogen-bond acceptors (Lipinski definition) is 13. The number of carboxylic acids is 1. The zero-order chi connectivity index (χ0) is 46.6. The summed E-state index contributed by atoms with van der Waals surface area (Å²) in [6.07, 6.45) is 28.0. The van der Waals surface area contributed by atoms with E-state index in [0.29, 0.717) is 12.8 Å². The van der Waals surface area contributed by atoms with Crippen LogP contribution >= 0.6 is 0 Å². The zero-order valence-electron chi connectivity index (χ0n) is 38.6. The van der Waals surface area contributed by atoms with Gasteiger partial charge in [-0.1, -0.05) is 148 Å². The third-order valence-electron chi connectivity index (χ3n) is 12.1. The van der Waals surface area contributed by atoms with E-state index >= 15 is 0 Å². The number of carbonyl (C=O) groups is 4. The fourth-order valence-electron chi connectivity index (χ4n) is 8.15. The topological polar surface area (TPSA) is 215 Å². The molecule has 0 radical (unpaired) electrons. The minimum absolute atomic E-state index is 0.000294. The Morgan fingerprint density at radius 1 is 0.812 bits per heavy atom. The summed E-state index contributed by atoms with van der Waals surface area (Å²) in [5.41, 5.74) is 4.04. The molecule has 3 heterocycles. The van der Waals surface area contributed by atoms with Crippen molar-refractivity contribution in [1.29, 1.82) is 0 Å². The number of aliphatic hydroxyl groups excluding tert-OH is 1. The van der Waals surface area contributed by atoms with Gasteiger partial charge in [0.2, 0.25) is 0 Å². The van der Waals surface area contributed by atoms with Gasteiger partial charge in [0.1, 0.15) is 18.9 Å². The van der Waals surface area contributed by atoms with Gasteiger partial charge in [-0.05, 0) is 19.3 Å². The number of nitrogens with two attached hydrogens (primary N) is 1. The summed E-state index contributed by atoms with van der Waals surface area (Å²) in [5, 5.41) is 20.8. The number of aliphatic hydroxyl groups is 1. The van der Waals surface area contributed by atoms with Crippen LogP contribution < -0.4 is 5.73 Å². The van der Waals surface area contributed by atoms with Crippen molar-refractivity contribution in [3.05, 3.63) is 12.4 Å². The molecule has 360 valence electrons. The van der Waals surface area contributed by atoms with Crippen LogP contribution in [0.4, 0.5) is 10.2 Å². The standard InChI is InChI=1S/C48H76FN5O10/c1-4-7-9-11-13-15-17-19-21-23-25-27-41(58)61-32-36(33-62-42(59)28-26-24-22-20-18-16-14-12-10-8-5-2)37(29-30-40(56)57)46(60)63-34-48(6-3)38(55)31-39(64-48)54-35-51-43-44(50)52-47(49)53-45(43)54/h3,35-39,55H,4-5,7-34H2,1-2H3,(H,56,57)(H2,50,52,53)/t37?,38-,39+,48+/m0/s1. The number of anilines is 1. The predicted octanol–water partition coefficient (Wildman–Crippen LogP) is 9.33. The number of nitrogen functional groups attached to an aromatic ring is 1. The number of halogens is 1. The number of nitrogens with zero attached hydrogens (tertiary/aromatic N) is 4. The maximum Gasteiger partial charge on any atom is 0.312 e. The van der Waals surface area contributed by atoms with Gasteiger partial charge in [0, 0.05) is 31.6 Å². The molecule has 4 atom stereocenters. The highest BCUT2D eigenvalue weighted by Crippen LogP contribution is 2.39. The van der Waals surface area contributed by atoms with E-state index in [1.54, 1.807) is 0 Å². The van der Waals surface area contributed by atoms with Crippen molar-refractivity contribution in [1.82, 2.24) is 19.5 Å². The minimum Gasteiger partial charge on any atom is -0.481 e. The smallest absolute Gasteiger partial charge is 0.312 e. The third-order valence-corrected chi connectivity index (χ3v) is 12.1. The van der Waals surface area contributed by atoms with Crippen LogP contribution in [0.5, 0.6) is 0 Å². The summed E-state index contributed by atoms with van der Waals surface area (Å²) in [4.78, 5) is 63.0. The number of carboxylic acid groups (broad SMARTS) is 1. The molecule has 15 nitrogen and oxygen atoms in total. The molecule has 0 saturated carbocycles. The Morgan fingerprint density at radius 2 is 1.30 bits per heavy atom. The van der Waals surface area contributed by atoms with Crippen LogP contribution in [0.1, 0.15) is 193 Å². The largest absolute Gasteiger partial charge is 0.481 e. The SMILES string of the molecule is C#C[C@]1(COC(=O)C(CCC(=O)O)C(COC(=O)CCCCCCCCCCCCC)COC(=O)CCCCCCCCCCCCC)O[C@@H](n2cnc3c(N)nc(F)nc32)C[C@@H]1O. The van der Waals surface area contributed by atoms with Crippen LogP contribution in [0.15, 0.2) is 6.33 Å². The maximum absolute atomic E-state index is 14.1. The fourth-order valence-corrected chi connectivity index (χ4v) is 8.15. The number of hydrogen-bond donors (Lipinski definition) is 3. The molecule has 2 aromatic rings. The first kappa shape index (κ1) is 54.0. The van der Waals surface area contributed by atoms with Gasteiger partial charge in [0.05, 0.1) is 25.5 Å². The van der Waals surface area contributed by atoms with Crippen molar-refractivity contribution in [2.45, 2.75) is 205 Å². The maximum atomic E-state index is 14.1. The second-order valence-corrected chi connectivity index (χ2v) is 17.4. The van der Waals surface area contributed by atoms with Crippen LogP contribution in [-0.2, 0) is 38.1 Å². The Labute approximate surface area is 379 Å². The molecule has 1 fully saturated rings. The second-order valence-electron chi connectivity index (χ2n) is 17.4. The van der Waals surface area contributed by atoms with Gasteiger partial charge in [0.15, 0.2) is 22.6 Å². The Balaban J connectivity index is 1.61. The van der Waals surface area contributed by atoms with Crippen LogP contribution in [0, 0.1) is 30.3 Å². The Bertz CT molecular complexity index is 1690. The lowest BCUT2D eigenvalue weighted by Crippen LogP contribution is -2.44. The number of unbranched alkanes of at least 4 members (excludes halogenated alkanes) is 20. The van der Waals surface area contributed by atoms with Gasteiger partial charge in [-0.15, -0.1) is 6.42 Å². The van der Waals surface area contributed by atoms with Crippen molar-refractivity contribution in [2.24, 2.45) is 11.8 Å². The number of aliphatic carboxylic acids is 1. The quantitative estimate of drug-likeness (QED) is 0.0191. The summed E-state index contributed by atoms with van der Waals surface area (Å²) in [6.45, 7) is 3.13. The molecule has 16 heteroatoms. The molecule has 3 rings (SSSR count). The lowest BCUT2D eigenvalue weighted by molar-refractivity contribution is -0.168. The van der Waals surface area contributed by atoms with Crippen LogP contribution in [0.3, 0.4) is 0 Å². The molecular weight excluding hydrogens is 826 g/mol. The average molecular weight is 902 g/mol. The number of esters is 3. The fraction of sp³-hybridized carbons (Fsp3) is 0.771. The van der Waals surface area contributed by atoms with E-state index in [1.165, 1.54) is 101 Å². The number of imidazole rings is 1. The lowest BCUT2D eigenvalue weighted by atomic mass is 9.89. The molecule has 0 aliphatic carbocycles. The van der Waals surface area contributed by atoms with Crippen molar-refractivity contribution in [2.75, 3.05) is 25.6 Å². The van der Waals surface area contributed by atoms with Gasteiger partial charge in [-0.3, -0.25) is 23.7 Å². The van der Waals surface area contributed by atoms with Crippen LogP contribution in [-0.4, -0.2) is 85.1 Å². The molecule has 0 aromatic carbocycles. The predicted molar refractivity (Wildman–Crippen MR) is 241 cm³/mol. The number of ether oxygens (including phenoxy) is 4. The summed E-state index contributed by atoms with van der Waals surface area (Å²) >= 11 is 0. The molecule has 2 aromatic heterocycles. The third kappa shape index (κ3) is 19.4. The zero-order valence-corrected chi connectivity index (χ0v) is 38.6. The molecule has 1 aliphatic rings. The van der Waals surface area contributed by atoms with E-state index in [1.807, 2.05) is 0 Å². The van der Waals surface area contributed by atoms with Crippen LogP contribution in [0.25, 0.3) is 11.2 Å². The molecule has 1 saturated heterocycles. The van der Waals surface area contributed by atoms with Gasteiger partial charge >= 0.3 is 30.0 Å². The summed E-state index contributed by atoms with van der Waals surface area (Å²) < 4.78 is 38.5. The second kappa shape index (κ2) is 30.7. The Hall–Kier alpha value is -4.36. The number of fused-ring (bicyclic) bond motifs is 1. The molecule has 1 aliphatic heterocycles. The van der Waals surface area contributed by atoms with Gasteiger partial charge in [-0.25, -0.2) is 4.98 Å². The molecule has 64 heavy (non-hydrogen) atoms. The normalized spacial score (nSPS) is 17.7. The first-order valence-corrected chi connectivity index (χ1v) is 24.1. The number of aromatic nitrogens is 4. The highest BCUT2D eigenvalue weighted by Gasteiger charge is 2.50. The van der Waals surface area contributed by atoms with Crippen molar-refractivity contribution >= 4 is 40.9 Å². The molecule has 0 amide bonds. The van der Waals surface area contributed by atoms with E-state index in [2.05, 4.69) is 34.7 Å². The van der Waals surface area contributed by atoms with Crippen LogP contribution in [0.2, 0.25) is 0 Å². The van der Waals surface area contributed by atoms with E-state index in [9.17, 15) is 33.8 Å². The van der Waals surface area contributed by atoms with Gasteiger partial charge in [0.25, 0.3) is 0 Å². The Kier molecular flexibility index (Phi) is 25.9. The van der Waals surface area contributed by atoms with Gasteiger partial charge in [-0.2, -0.15) is 14.4 Å². The summed E-state index contributed by atoms with van der Waals surface area (Å²) in [5.74, 6) is -2.99. The van der Waals surface area contributed by atoms with E-state index < -0.39 is 72.8 Å². The summed E-state index contributed by atoms with van der Waals surface area (Å²) in [7, 11) is 0. The monoisotopic (exact) mass is 902 g/mol. The van der Waals surface area contributed by atoms with E-state index in [-0.39, 0.29) is 55.9 Å². The van der Waals surface area contributed by atoms with Crippen molar-refractivity contribution in [3.8, 4) is 12.3 Å². The lowest BCUT2D eigenvalue weighted by Gasteiger charge is -2.29. The first-order valence-electron chi connectivity index (χ1n) is 24.1. The van der Waals surface area contributed by atoms with E-state index in [0.717, 1.165) is 38.5 Å². The minimum atomic E-state index is -1.87. The average Bonchev–Trinajstić information content (AvgIpc) is 3.85. The van der Waals surface area contributed by atoms with Gasteiger partial charge < -0.3 is 34.9 Å². The molecule has 1 unspecified atom stereocenters. The summed E-state index contributed by atoms with van der Waals surface area (Å²) in [6, 6.07) is 0. The molecule has 0 spiro atoms.